The van der Waals surface area contributed by atoms with Crippen molar-refractivity contribution in [2.75, 3.05) is 40.9 Å². The van der Waals surface area contributed by atoms with Crippen LogP contribution in [0.3, 0.4) is 0 Å². The molecule has 0 aromatic heterocycles. The molecule has 0 rings (SSSR count). The molecule has 0 radical (unpaired) electrons. The van der Waals surface area contributed by atoms with Crippen LogP contribution in [0.4, 0.5) is 0 Å². The van der Waals surface area contributed by atoms with Crippen LogP contribution in [0.5, 0.6) is 0 Å². The van der Waals surface area contributed by atoms with Gasteiger partial charge in [0.1, 0.15) is 13.2 Å². The summed E-state index contributed by atoms with van der Waals surface area (Å²) in [5.41, 5.74) is 0. The molecule has 504 valence electrons. The Balaban J connectivity index is 4.03. The van der Waals surface area contributed by atoms with E-state index in [0.717, 1.165) is 96.3 Å². The fourth-order valence-electron chi connectivity index (χ4n) is 10.6. The zero-order chi connectivity index (χ0) is 63.4. The van der Waals surface area contributed by atoms with Crippen LogP contribution in [0.1, 0.15) is 328 Å². The van der Waals surface area contributed by atoms with Gasteiger partial charge in [0.25, 0.3) is 7.82 Å². The van der Waals surface area contributed by atoms with Gasteiger partial charge in [0.2, 0.25) is 5.91 Å². The standard InChI is InChI=1S/C78H141N2O6P/c1-6-8-10-12-14-16-18-20-22-24-26-28-30-32-33-34-35-36-37-38-39-40-41-42-43-44-45-46-47-48-50-52-54-56-58-60-62-64-66-68-70-72-78(82)79-76(75-86-87(83,84)85-74-73-80(3,4)5)77(81)71-69-67-65-63-61-59-57-55-53-51-49-31-29-27-25-23-21-19-17-15-13-11-9-7-2/h8,10,14,16,20,22,26,28,32-33,35-36,38-39,41-42,44-45,76-77,81H,6-7,9,11-13,15,17-19,21,23-25,27,29-31,34,37,40,43,46-75H2,1-5H3,(H-,79,82,83,84)/b10-8-,16-14-,22-20-,28-26-,33-32-,36-35-,39-38-,42-41-,45-44-. The van der Waals surface area contributed by atoms with E-state index in [1.807, 2.05) is 21.1 Å². The van der Waals surface area contributed by atoms with Crippen molar-refractivity contribution in [3.63, 3.8) is 0 Å². The van der Waals surface area contributed by atoms with Crippen LogP contribution in [0.2, 0.25) is 0 Å². The van der Waals surface area contributed by atoms with E-state index in [4.69, 9.17) is 9.05 Å². The van der Waals surface area contributed by atoms with Crippen molar-refractivity contribution in [2.24, 2.45) is 0 Å². The Kier molecular flexibility index (Phi) is 65.3. The highest BCUT2D eigenvalue weighted by Crippen LogP contribution is 2.38. The number of aliphatic hydroxyl groups excluding tert-OH is 1. The van der Waals surface area contributed by atoms with Gasteiger partial charge < -0.3 is 28.8 Å². The van der Waals surface area contributed by atoms with Gasteiger partial charge in [-0.3, -0.25) is 9.36 Å². The van der Waals surface area contributed by atoms with Crippen molar-refractivity contribution in [3.05, 3.63) is 109 Å². The summed E-state index contributed by atoms with van der Waals surface area (Å²) in [5, 5.41) is 14.1. The molecule has 0 saturated carbocycles. The van der Waals surface area contributed by atoms with Crippen LogP contribution >= 0.6 is 7.82 Å². The number of aliphatic hydroxyl groups is 1. The quantitative estimate of drug-likeness (QED) is 0.0272. The van der Waals surface area contributed by atoms with Crippen molar-refractivity contribution < 1.29 is 32.9 Å². The summed E-state index contributed by atoms with van der Waals surface area (Å²) in [6, 6.07) is -0.808. The summed E-state index contributed by atoms with van der Waals surface area (Å²) in [7, 11) is 1.31. The van der Waals surface area contributed by atoms with Crippen molar-refractivity contribution >= 4 is 13.7 Å². The van der Waals surface area contributed by atoms with Gasteiger partial charge in [-0.1, -0.05) is 348 Å². The van der Waals surface area contributed by atoms with E-state index in [1.165, 1.54) is 205 Å². The van der Waals surface area contributed by atoms with E-state index in [9.17, 15) is 19.4 Å². The lowest BCUT2D eigenvalue weighted by Gasteiger charge is -2.30. The molecule has 0 spiro atoms. The maximum atomic E-state index is 13.1. The Morgan fingerprint density at radius 1 is 0.414 bits per heavy atom. The summed E-state index contributed by atoms with van der Waals surface area (Å²) < 4.78 is 23.5. The first-order valence-electron chi connectivity index (χ1n) is 36.7. The molecule has 0 aliphatic carbocycles. The van der Waals surface area contributed by atoms with Crippen LogP contribution in [0, 0.1) is 0 Å². The minimum Gasteiger partial charge on any atom is -0.756 e. The number of phosphoric acid groups is 1. The van der Waals surface area contributed by atoms with E-state index in [1.54, 1.807) is 0 Å². The Morgan fingerprint density at radius 2 is 0.701 bits per heavy atom. The molecular formula is C78H141N2O6P. The monoisotopic (exact) mass is 1230 g/mol. The first-order valence-corrected chi connectivity index (χ1v) is 38.2. The van der Waals surface area contributed by atoms with Crippen molar-refractivity contribution in [1.82, 2.24) is 5.32 Å². The zero-order valence-electron chi connectivity index (χ0n) is 57.7. The highest BCUT2D eigenvalue weighted by Gasteiger charge is 2.24. The smallest absolute Gasteiger partial charge is 0.268 e. The molecular weight excluding hydrogens is 1090 g/mol. The molecule has 0 heterocycles. The summed E-state index contributed by atoms with van der Waals surface area (Å²) in [6.07, 6.45) is 98.8. The second-order valence-corrected chi connectivity index (χ2v) is 27.3. The number of phosphoric ester groups is 1. The van der Waals surface area contributed by atoms with E-state index in [-0.39, 0.29) is 19.1 Å². The van der Waals surface area contributed by atoms with Gasteiger partial charge >= 0.3 is 0 Å². The number of carbonyl (C=O) groups excluding carboxylic acids is 1. The molecule has 0 aromatic carbocycles. The SMILES string of the molecule is CC/C=C\C/C=C\C/C=C\C/C=C\C/C=C\C/C=C\C/C=C\C/C=C\C/C=C\CCCCCCCCCCCCCCCC(=O)NC(COP(=O)([O-])OCC[N+](C)(C)C)C(O)CCCCCCCCCCCCCCCCCCCCCCCCCC. The molecule has 1 amide bonds. The van der Waals surface area contributed by atoms with E-state index in [0.29, 0.717) is 23.9 Å². The summed E-state index contributed by atoms with van der Waals surface area (Å²) >= 11 is 0. The minimum absolute atomic E-state index is 0.00925. The van der Waals surface area contributed by atoms with Crippen LogP contribution in [0.25, 0.3) is 0 Å². The minimum atomic E-state index is -4.59. The third-order valence-corrected chi connectivity index (χ3v) is 17.2. The third-order valence-electron chi connectivity index (χ3n) is 16.3. The lowest BCUT2D eigenvalue weighted by Crippen LogP contribution is -2.46. The summed E-state index contributed by atoms with van der Waals surface area (Å²) in [6.45, 7) is 4.64. The maximum Gasteiger partial charge on any atom is 0.268 e. The fourth-order valence-corrected chi connectivity index (χ4v) is 11.3. The topological polar surface area (TPSA) is 108 Å². The van der Waals surface area contributed by atoms with E-state index >= 15 is 0 Å². The number of amides is 1. The molecule has 3 atom stereocenters. The van der Waals surface area contributed by atoms with Gasteiger partial charge in [0, 0.05) is 6.42 Å². The van der Waals surface area contributed by atoms with Crippen LogP contribution < -0.4 is 10.2 Å². The van der Waals surface area contributed by atoms with Gasteiger partial charge in [0.05, 0.1) is 39.9 Å². The number of nitrogens with zero attached hydrogens (tertiary/aromatic N) is 1. The summed E-state index contributed by atoms with van der Waals surface area (Å²) in [4.78, 5) is 25.7. The average Bonchev–Trinajstić information content (AvgIpc) is 3.71. The number of hydrogen-bond acceptors (Lipinski definition) is 6. The maximum absolute atomic E-state index is 13.1. The molecule has 0 bridgehead atoms. The number of carbonyl (C=O) groups is 1. The van der Waals surface area contributed by atoms with E-state index < -0.39 is 20.0 Å². The largest absolute Gasteiger partial charge is 0.756 e. The van der Waals surface area contributed by atoms with Crippen LogP contribution in [0.15, 0.2) is 109 Å². The molecule has 0 aliphatic heterocycles. The van der Waals surface area contributed by atoms with Crippen LogP contribution in [-0.4, -0.2) is 68.5 Å². The molecule has 2 N–H and O–H groups in total. The first kappa shape index (κ1) is 84.2. The second kappa shape index (κ2) is 67.6. The molecule has 0 aromatic rings. The Labute approximate surface area is 540 Å². The Morgan fingerprint density at radius 3 is 1.02 bits per heavy atom. The number of allylic oxidation sites excluding steroid dienone is 18. The molecule has 87 heavy (non-hydrogen) atoms. The lowest BCUT2D eigenvalue weighted by atomic mass is 10.0. The molecule has 0 saturated heterocycles. The molecule has 8 nitrogen and oxygen atoms in total. The molecule has 9 heteroatoms. The van der Waals surface area contributed by atoms with Gasteiger partial charge in [0.15, 0.2) is 0 Å². The van der Waals surface area contributed by atoms with Crippen molar-refractivity contribution in [3.8, 4) is 0 Å². The predicted molar refractivity (Wildman–Crippen MR) is 380 cm³/mol. The lowest BCUT2D eigenvalue weighted by molar-refractivity contribution is -0.870. The first-order chi connectivity index (χ1) is 42.5. The Hall–Kier alpha value is -2.84. The third kappa shape index (κ3) is 70.5. The van der Waals surface area contributed by atoms with Crippen LogP contribution in [-0.2, 0) is 18.4 Å². The van der Waals surface area contributed by atoms with Gasteiger partial charge in [-0.2, -0.15) is 0 Å². The Bertz CT molecular complexity index is 1790. The normalized spacial score (nSPS) is 14.2. The number of unbranched alkanes of at least 4 members (excludes halogenated alkanes) is 36. The predicted octanol–water partition coefficient (Wildman–Crippen LogP) is 23.2. The molecule has 0 fully saturated rings. The second-order valence-electron chi connectivity index (χ2n) is 25.9. The van der Waals surface area contributed by atoms with Gasteiger partial charge in [-0.15, -0.1) is 0 Å². The number of quaternary nitrogens is 1. The van der Waals surface area contributed by atoms with Gasteiger partial charge in [-0.25, -0.2) is 0 Å². The molecule has 0 aliphatic rings. The fraction of sp³-hybridized carbons (Fsp3) is 0.756. The molecule has 3 unspecified atom stereocenters. The van der Waals surface area contributed by atoms with Crippen molar-refractivity contribution in [2.45, 2.75) is 341 Å². The van der Waals surface area contributed by atoms with Gasteiger partial charge in [-0.05, 0) is 83.5 Å². The number of nitrogens with one attached hydrogen (secondary N) is 1. The average molecular weight is 1230 g/mol. The number of hydrogen-bond donors (Lipinski definition) is 2. The van der Waals surface area contributed by atoms with E-state index in [2.05, 4.69) is 129 Å². The number of likely N-dealkylation sites (N-methyl/N-ethyl adjacent to an activating group) is 1. The summed E-state index contributed by atoms with van der Waals surface area (Å²) in [5.74, 6) is -0.165. The highest BCUT2D eigenvalue weighted by molar-refractivity contribution is 7.45. The highest BCUT2D eigenvalue weighted by atomic mass is 31.2. The van der Waals surface area contributed by atoms with Crippen molar-refractivity contribution in [1.29, 1.82) is 0 Å². The number of rotatable bonds is 67. The zero-order valence-corrected chi connectivity index (χ0v) is 58.6.